The Kier molecular flexibility index (Phi) is 6.32. The predicted octanol–water partition coefficient (Wildman–Crippen LogP) is 6.46. The average molecular weight is 340 g/mol. The van der Waals surface area contributed by atoms with Crippen LogP contribution in [0.2, 0.25) is 0 Å². The molecule has 0 amide bonds. The molecule has 1 spiro atoms. The third kappa shape index (κ3) is 4.44. The van der Waals surface area contributed by atoms with Crippen molar-refractivity contribution in [3.8, 4) is 0 Å². The highest BCUT2D eigenvalue weighted by molar-refractivity contribution is 5.85. The van der Waals surface area contributed by atoms with Gasteiger partial charge in [-0.2, -0.15) is 0 Å². The zero-order valence-electron chi connectivity index (χ0n) is 17.3. The molecular weight excluding hydrogens is 302 g/mol. The van der Waals surface area contributed by atoms with Crippen LogP contribution in [0.5, 0.6) is 0 Å². The summed E-state index contributed by atoms with van der Waals surface area (Å²) in [6, 6.07) is 8.97. The molecule has 1 aliphatic carbocycles. The van der Waals surface area contributed by atoms with Gasteiger partial charge in [0.1, 0.15) is 0 Å². The Morgan fingerprint density at radius 3 is 2.28 bits per heavy atom. The molecule has 1 saturated heterocycles. The van der Waals surface area contributed by atoms with Gasteiger partial charge in [0.05, 0.1) is 0 Å². The van der Waals surface area contributed by atoms with Crippen LogP contribution in [0.1, 0.15) is 71.9 Å². The number of benzene rings is 1. The van der Waals surface area contributed by atoms with Crippen molar-refractivity contribution in [2.45, 2.75) is 66.2 Å². The van der Waals surface area contributed by atoms with Crippen LogP contribution in [-0.2, 0) is 5.41 Å². The van der Waals surface area contributed by atoms with Crippen LogP contribution >= 0.6 is 0 Å². The van der Waals surface area contributed by atoms with E-state index in [2.05, 4.69) is 69.5 Å². The number of fused-ring (bicyclic) bond motifs is 2. The number of rotatable bonds is 3. The Balaban J connectivity index is 0.00000109. The molecule has 0 saturated carbocycles. The van der Waals surface area contributed by atoms with Crippen LogP contribution in [0.15, 0.2) is 42.5 Å². The van der Waals surface area contributed by atoms with Gasteiger partial charge in [-0.3, -0.25) is 0 Å². The second-order valence-electron chi connectivity index (χ2n) is 8.69. The first-order chi connectivity index (χ1) is 11.8. The standard InChI is InChI=1S/C22H31N.C2H6/c1-17(2)19-16-22(20-9-7-6-8-18(19)20)11-14-23(15-12-22)13-10-21(3,4)5;1-2/h6-9,16H,1,10-15H2,2-5H3;1-2H3. The molecule has 138 valence electrons. The Morgan fingerprint density at radius 1 is 1.12 bits per heavy atom. The summed E-state index contributed by atoms with van der Waals surface area (Å²) in [4.78, 5) is 2.66. The smallest absolute Gasteiger partial charge is 0.0171 e. The van der Waals surface area contributed by atoms with Crippen molar-refractivity contribution < 1.29 is 0 Å². The molecule has 3 rings (SSSR count). The highest BCUT2D eigenvalue weighted by Gasteiger charge is 2.40. The first-order valence-corrected chi connectivity index (χ1v) is 10.0. The van der Waals surface area contributed by atoms with E-state index in [0.29, 0.717) is 5.41 Å². The monoisotopic (exact) mass is 339 g/mol. The lowest BCUT2D eigenvalue weighted by Crippen LogP contribution is -2.42. The first-order valence-electron chi connectivity index (χ1n) is 10.0. The molecule has 0 atom stereocenters. The Bertz CT molecular complexity index is 622. The molecular formula is C24H37N. The fraction of sp³-hybridized carbons (Fsp3) is 0.583. The second-order valence-corrected chi connectivity index (χ2v) is 8.69. The van der Waals surface area contributed by atoms with E-state index in [-0.39, 0.29) is 5.41 Å². The normalized spacial score (nSPS) is 19.0. The number of nitrogens with zero attached hydrogens (tertiary/aromatic N) is 1. The maximum absolute atomic E-state index is 4.21. The maximum Gasteiger partial charge on any atom is 0.0171 e. The molecule has 1 nitrogen and oxygen atoms in total. The lowest BCUT2D eigenvalue weighted by atomic mass is 9.74. The average Bonchev–Trinajstić information content (AvgIpc) is 2.91. The van der Waals surface area contributed by atoms with E-state index in [9.17, 15) is 0 Å². The molecule has 0 radical (unpaired) electrons. The molecule has 1 aliphatic heterocycles. The Morgan fingerprint density at radius 2 is 1.72 bits per heavy atom. The number of hydrogen-bond acceptors (Lipinski definition) is 1. The van der Waals surface area contributed by atoms with Gasteiger partial charge in [0.2, 0.25) is 0 Å². The minimum absolute atomic E-state index is 0.253. The summed E-state index contributed by atoms with van der Waals surface area (Å²) in [5, 5.41) is 0. The van der Waals surface area contributed by atoms with Crippen LogP contribution in [0, 0.1) is 5.41 Å². The van der Waals surface area contributed by atoms with E-state index < -0.39 is 0 Å². The Labute approximate surface area is 155 Å². The summed E-state index contributed by atoms with van der Waals surface area (Å²) in [7, 11) is 0. The van der Waals surface area contributed by atoms with Crippen molar-refractivity contribution >= 4 is 5.57 Å². The number of piperidine rings is 1. The van der Waals surface area contributed by atoms with E-state index in [1.165, 1.54) is 61.2 Å². The minimum Gasteiger partial charge on any atom is -0.303 e. The van der Waals surface area contributed by atoms with Gasteiger partial charge in [0.15, 0.2) is 0 Å². The van der Waals surface area contributed by atoms with E-state index in [4.69, 9.17) is 0 Å². The fourth-order valence-corrected chi connectivity index (χ4v) is 4.02. The predicted molar refractivity (Wildman–Crippen MR) is 112 cm³/mol. The molecule has 25 heavy (non-hydrogen) atoms. The molecule has 0 aromatic heterocycles. The lowest BCUT2D eigenvalue weighted by molar-refractivity contribution is 0.163. The van der Waals surface area contributed by atoms with Crippen molar-refractivity contribution in [1.29, 1.82) is 0 Å². The van der Waals surface area contributed by atoms with Gasteiger partial charge < -0.3 is 4.90 Å². The summed E-state index contributed by atoms with van der Waals surface area (Å²) >= 11 is 0. The van der Waals surface area contributed by atoms with Gasteiger partial charge >= 0.3 is 0 Å². The Hall–Kier alpha value is -1.34. The van der Waals surface area contributed by atoms with Gasteiger partial charge in [0.25, 0.3) is 0 Å². The molecule has 1 aromatic carbocycles. The molecule has 1 aromatic rings. The molecule has 0 N–H and O–H groups in total. The van der Waals surface area contributed by atoms with Crippen LogP contribution in [0.4, 0.5) is 0 Å². The topological polar surface area (TPSA) is 3.24 Å². The highest BCUT2D eigenvalue weighted by atomic mass is 15.1. The van der Waals surface area contributed by atoms with E-state index in [0.717, 1.165) is 0 Å². The summed E-state index contributed by atoms with van der Waals surface area (Å²) in [6.45, 7) is 21.0. The van der Waals surface area contributed by atoms with Crippen molar-refractivity contribution in [2.24, 2.45) is 5.41 Å². The summed E-state index contributed by atoms with van der Waals surface area (Å²) in [6.07, 6.45) is 6.29. The van der Waals surface area contributed by atoms with E-state index >= 15 is 0 Å². The summed E-state index contributed by atoms with van der Waals surface area (Å²) < 4.78 is 0. The van der Waals surface area contributed by atoms with Crippen molar-refractivity contribution in [3.63, 3.8) is 0 Å². The van der Waals surface area contributed by atoms with E-state index in [1.807, 2.05) is 13.8 Å². The van der Waals surface area contributed by atoms with Gasteiger partial charge in [0, 0.05) is 5.41 Å². The zero-order chi connectivity index (χ0) is 18.7. The van der Waals surface area contributed by atoms with Gasteiger partial charge in [-0.05, 0) is 67.9 Å². The lowest BCUT2D eigenvalue weighted by Gasteiger charge is -2.40. The largest absolute Gasteiger partial charge is 0.303 e. The van der Waals surface area contributed by atoms with E-state index in [1.54, 1.807) is 0 Å². The SMILES string of the molecule is C=C(C)C1=CC2(CCN(CCC(C)(C)C)CC2)c2ccccc21.CC. The quantitative estimate of drug-likeness (QED) is 0.611. The fourth-order valence-electron chi connectivity index (χ4n) is 4.02. The molecule has 1 fully saturated rings. The number of likely N-dealkylation sites (tertiary alicyclic amines) is 1. The van der Waals surface area contributed by atoms with Gasteiger partial charge in [-0.1, -0.05) is 77.1 Å². The van der Waals surface area contributed by atoms with Crippen molar-refractivity contribution in [2.75, 3.05) is 19.6 Å². The highest BCUT2D eigenvalue weighted by Crippen LogP contribution is 2.48. The molecule has 1 heterocycles. The summed E-state index contributed by atoms with van der Waals surface area (Å²) in [5.74, 6) is 0. The molecule has 0 unspecified atom stereocenters. The molecule has 2 aliphatic rings. The minimum atomic E-state index is 0.253. The second kappa shape index (κ2) is 7.91. The third-order valence-electron chi connectivity index (χ3n) is 5.56. The summed E-state index contributed by atoms with van der Waals surface area (Å²) in [5.41, 5.74) is 6.22. The third-order valence-corrected chi connectivity index (χ3v) is 5.56. The van der Waals surface area contributed by atoms with Gasteiger partial charge in [-0.25, -0.2) is 0 Å². The molecule has 0 bridgehead atoms. The van der Waals surface area contributed by atoms with Crippen LogP contribution in [0.25, 0.3) is 5.57 Å². The zero-order valence-corrected chi connectivity index (χ0v) is 17.3. The number of allylic oxidation sites excluding steroid dienone is 3. The van der Waals surface area contributed by atoms with Crippen molar-refractivity contribution in [3.05, 3.63) is 53.6 Å². The van der Waals surface area contributed by atoms with Crippen molar-refractivity contribution in [1.82, 2.24) is 4.90 Å². The first kappa shape index (κ1) is 20.0. The number of hydrogen-bond donors (Lipinski definition) is 0. The van der Waals surface area contributed by atoms with Gasteiger partial charge in [-0.15, -0.1) is 0 Å². The van der Waals surface area contributed by atoms with Crippen LogP contribution < -0.4 is 0 Å². The van der Waals surface area contributed by atoms with Crippen LogP contribution in [-0.4, -0.2) is 24.5 Å². The van der Waals surface area contributed by atoms with Crippen LogP contribution in [0.3, 0.4) is 0 Å². The maximum atomic E-state index is 4.21. The molecule has 1 heteroatoms.